The van der Waals surface area contributed by atoms with Crippen molar-refractivity contribution in [2.45, 2.75) is 30.6 Å². The van der Waals surface area contributed by atoms with E-state index in [1.165, 1.54) is 12.2 Å². The van der Waals surface area contributed by atoms with Crippen LogP contribution in [0.1, 0.15) is 23.7 Å². The molecule has 0 bridgehead atoms. The van der Waals surface area contributed by atoms with E-state index in [0.29, 0.717) is 21.6 Å². The van der Waals surface area contributed by atoms with Gasteiger partial charge in [0.25, 0.3) is 0 Å². The molecule has 5 nitrogen and oxygen atoms in total. The molecule has 0 aliphatic carbocycles. The number of ether oxygens (including phenoxy) is 1. The number of nitrogens with one attached hydrogen (secondary N) is 1. The zero-order chi connectivity index (χ0) is 20.5. The Morgan fingerprint density at radius 3 is 2.46 bits per heavy atom. The molecule has 3 rings (SSSR count). The van der Waals surface area contributed by atoms with E-state index in [1.54, 1.807) is 37.3 Å². The lowest BCUT2D eigenvalue weighted by atomic mass is 10.2. The molecule has 1 aromatic heterocycles. The molecule has 0 aliphatic heterocycles. The molecular formula is C21H20ClNO4S. The predicted molar refractivity (Wildman–Crippen MR) is 110 cm³/mol. The number of esters is 1. The Kier molecular flexibility index (Phi) is 5.63. The zero-order valence-electron chi connectivity index (χ0n) is 15.7. The van der Waals surface area contributed by atoms with Crippen LogP contribution in [0.3, 0.4) is 0 Å². The van der Waals surface area contributed by atoms with Crippen molar-refractivity contribution in [1.82, 2.24) is 4.98 Å². The minimum Gasteiger partial charge on any atom is -0.463 e. The highest BCUT2D eigenvalue weighted by molar-refractivity contribution is 7.91. The van der Waals surface area contributed by atoms with Crippen molar-refractivity contribution in [3.05, 3.63) is 64.3 Å². The molecule has 0 atom stereocenters. The highest BCUT2D eigenvalue weighted by Gasteiger charge is 2.26. The van der Waals surface area contributed by atoms with Gasteiger partial charge in [-0.1, -0.05) is 17.7 Å². The van der Waals surface area contributed by atoms with E-state index >= 15 is 0 Å². The second-order valence-corrected chi connectivity index (χ2v) is 8.79. The number of aryl methyl sites for hydroxylation is 2. The minimum absolute atomic E-state index is 0.0792. The van der Waals surface area contributed by atoms with Crippen molar-refractivity contribution in [3.8, 4) is 0 Å². The fraction of sp³-hybridized carbons (Fsp3) is 0.190. The third kappa shape index (κ3) is 3.98. The lowest BCUT2D eigenvalue weighted by Gasteiger charge is -2.08. The van der Waals surface area contributed by atoms with Gasteiger partial charge in [0.15, 0.2) is 0 Å². The number of benzene rings is 2. The van der Waals surface area contributed by atoms with E-state index in [4.69, 9.17) is 16.3 Å². The quantitative estimate of drug-likeness (QED) is 0.475. The zero-order valence-corrected chi connectivity index (χ0v) is 17.3. The summed E-state index contributed by atoms with van der Waals surface area (Å²) in [7, 11) is -3.87. The van der Waals surface area contributed by atoms with E-state index in [0.717, 1.165) is 11.1 Å². The summed E-state index contributed by atoms with van der Waals surface area (Å²) >= 11 is 6.11. The largest absolute Gasteiger partial charge is 0.463 e. The molecule has 0 radical (unpaired) electrons. The Hall–Kier alpha value is -2.57. The van der Waals surface area contributed by atoms with E-state index in [1.807, 2.05) is 19.9 Å². The van der Waals surface area contributed by atoms with Gasteiger partial charge < -0.3 is 9.72 Å². The summed E-state index contributed by atoms with van der Waals surface area (Å²) < 4.78 is 31.9. The summed E-state index contributed by atoms with van der Waals surface area (Å²) in [4.78, 5) is 15.0. The number of aromatic nitrogens is 1. The van der Waals surface area contributed by atoms with Gasteiger partial charge in [-0.2, -0.15) is 0 Å². The van der Waals surface area contributed by atoms with Gasteiger partial charge in [-0.3, -0.25) is 0 Å². The van der Waals surface area contributed by atoms with Crippen LogP contribution in [0.5, 0.6) is 0 Å². The summed E-state index contributed by atoms with van der Waals surface area (Å²) in [5, 5.41) is 0.888. The third-order valence-electron chi connectivity index (χ3n) is 4.19. The Balaban J connectivity index is 2.26. The van der Waals surface area contributed by atoms with Crippen molar-refractivity contribution in [1.29, 1.82) is 0 Å². The SMILES string of the molecule is CCOC(=O)/C=C/c1[nH]c2ccc(Cl)cc2c1S(=O)(=O)c1cc(C)cc(C)c1. The van der Waals surface area contributed by atoms with Gasteiger partial charge in [0.2, 0.25) is 9.84 Å². The number of carbonyl (C=O) groups excluding carboxylic acids is 1. The molecule has 1 N–H and O–H groups in total. The summed E-state index contributed by atoms with van der Waals surface area (Å²) in [6, 6.07) is 10.2. The Morgan fingerprint density at radius 2 is 1.82 bits per heavy atom. The predicted octanol–water partition coefficient (Wildman–Crippen LogP) is 4.85. The maximum absolute atomic E-state index is 13.5. The molecule has 7 heteroatoms. The molecule has 0 saturated heterocycles. The number of rotatable bonds is 5. The van der Waals surface area contributed by atoms with Gasteiger partial charge in [0, 0.05) is 22.0 Å². The van der Waals surface area contributed by atoms with Crippen molar-refractivity contribution in [2.24, 2.45) is 0 Å². The molecule has 2 aromatic carbocycles. The molecular weight excluding hydrogens is 398 g/mol. The molecule has 0 saturated carbocycles. The monoisotopic (exact) mass is 417 g/mol. The molecule has 146 valence electrons. The fourth-order valence-electron chi connectivity index (χ4n) is 3.11. The average Bonchev–Trinajstić information content (AvgIpc) is 2.97. The third-order valence-corrected chi connectivity index (χ3v) is 6.26. The maximum atomic E-state index is 13.5. The first kappa shape index (κ1) is 20.2. The molecule has 3 aromatic rings. The maximum Gasteiger partial charge on any atom is 0.330 e. The summed E-state index contributed by atoms with van der Waals surface area (Å²) in [5.41, 5.74) is 2.60. The number of fused-ring (bicyclic) bond motifs is 1. The van der Waals surface area contributed by atoms with Gasteiger partial charge >= 0.3 is 5.97 Å². The van der Waals surface area contributed by atoms with Crippen LogP contribution in [-0.2, 0) is 19.4 Å². The molecule has 0 amide bonds. The number of sulfone groups is 1. The van der Waals surface area contributed by atoms with E-state index < -0.39 is 15.8 Å². The van der Waals surface area contributed by atoms with Crippen LogP contribution in [0.25, 0.3) is 17.0 Å². The van der Waals surface area contributed by atoms with Crippen LogP contribution in [0.15, 0.2) is 52.3 Å². The highest BCUT2D eigenvalue weighted by Crippen LogP contribution is 2.34. The normalized spacial score (nSPS) is 12.0. The summed E-state index contributed by atoms with van der Waals surface area (Å²) in [6.07, 6.45) is 2.62. The topological polar surface area (TPSA) is 76.2 Å². The summed E-state index contributed by atoms with van der Waals surface area (Å²) in [5.74, 6) is -0.547. The van der Waals surface area contributed by atoms with Gasteiger partial charge in [0.1, 0.15) is 4.90 Å². The molecule has 0 spiro atoms. The Labute approximate surface area is 168 Å². The summed E-state index contributed by atoms with van der Waals surface area (Å²) in [6.45, 7) is 5.63. The van der Waals surface area contributed by atoms with Crippen LogP contribution < -0.4 is 0 Å². The second-order valence-electron chi connectivity index (χ2n) is 6.47. The van der Waals surface area contributed by atoms with Gasteiger partial charge in [-0.05, 0) is 68.3 Å². The number of hydrogen-bond donors (Lipinski definition) is 1. The number of H-pyrrole nitrogens is 1. The smallest absolute Gasteiger partial charge is 0.330 e. The van der Waals surface area contributed by atoms with Gasteiger partial charge in [-0.25, -0.2) is 13.2 Å². The van der Waals surface area contributed by atoms with E-state index in [9.17, 15) is 13.2 Å². The first-order valence-corrected chi connectivity index (χ1v) is 10.6. The second kappa shape index (κ2) is 7.81. The van der Waals surface area contributed by atoms with Gasteiger partial charge in [0.05, 0.1) is 17.2 Å². The van der Waals surface area contributed by atoms with Crippen LogP contribution in [0.2, 0.25) is 5.02 Å². The van der Waals surface area contributed by atoms with Crippen LogP contribution in [0, 0.1) is 13.8 Å². The number of hydrogen-bond acceptors (Lipinski definition) is 4. The van der Waals surface area contributed by atoms with E-state index in [-0.39, 0.29) is 16.4 Å². The molecule has 28 heavy (non-hydrogen) atoms. The average molecular weight is 418 g/mol. The molecule has 0 unspecified atom stereocenters. The first-order chi connectivity index (χ1) is 13.2. The fourth-order valence-corrected chi connectivity index (χ4v) is 5.07. The van der Waals surface area contributed by atoms with Crippen molar-refractivity contribution in [3.63, 3.8) is 0 Å². The Morgan fingerprint density at radius 1 is 1.14 bits per heavy atom. The first-order valence-electron chi connectivity index (χ1n) is 8.72. The lowest BCUT2D eigenvalue weighted by Crippen LogP contribution is -2.05. The Bertz CT molecular complexity index is 1170. The molecule has 0 fully saturated rings. The van der Waals surface area contributed by atoms with Crippen molar-refractivity contribution >= 4 is 44.4 Å². The number of aromatic amines is 1. The van der Waals surface area contributed by atoms with Gasteiger partial charge in [-0.15, -0.1) is 0 Å². The van der Waals surface area contributed by atoms with Crippen LogP contribution >= 0.6 is 11.6 Å². The number of carbonyl (C=O) groups is 1. The van der Waals surface area contributed by atoms with E-state index in [2.05, 4.69) is 4.98 Å². The lowest BCUT2D eigenvalue weighted by molar-refractivity contribution is -0.137. The van der Waals surface area contributed by atoms with Crippen molar-refractivity contribution < 1.29 is 17.9 Å². The van der Waals surface area contributed by atoms with Crippen LogP contribution in [-0.4, -0.2) is 26.0 Å². The molecule has 0 aliphatic rings. The standard InChI is InChI=1S/C21H20ClNO4S/c1-4-27-20(24)8-7-19-21(17-12-15(22)5-6-18(17)23-19)28(25,26)16-10-13(2)9-14(3)11-16/h5-12,23H,4H2,1-3H3/b8-7+. The number of halogens is 1. The van der Waals surface area contributed by atoms with Crippen LogP contribution in [0.4, 0.5) is 0 Å². The van der Waals surface area contributed by atoms with Crippen molar-refractivity contribution in [2.75, 3.05) is 6.61 Å². The minimum atomic E-state index is -3.87. The highest BCUT2D eigenvalue weighted by atomic mass is 35.5. The molecule has 1 heterocycles.